The first kappa shape index (κ1) is 19.1. The van der Waals surface area contributed by atoms with Crippen LogP contribution in [0.5, 0.6) is 0 Å². The van der Waals surface area contributed by atoms with Crippen LogP contribution in [0.25, 0.3) is 0 Å². The van der Waals surface area contributed by atoms with Crippen LogP contribution in [-0.4, -0.2) is 16.9 Å². The fourth-order valence-electron chi connectivity index (χ4n) is 1.58. The lowest BCUT2D eigenvalue weighted by atomic mass is 10.1. The minimum absolute atomic E-state index is 0.118. The smallest absolute Gasteiger partial charge is 0.372 e. The molecule has 0 saturated carbocycles. The summed E-state index contributed by atoms with van der Waals surface area (Å²) in [6.45, 7) is 2.13. The van der Waals surface area contributed by atoms with Gasteiger partial charge < -0.3 is 5.11 Å². The topological polar surface area (TPSA) is 54.4 Å². The van der Waals surface area contributed by atoms with Crippen molar-refractivity contribution >= 4 is 11.8 Å². The second kappa shape index (κ2) is 14.5. The van der Waals surface area contributed by atoms with Gasteiger partial charge in [-0.2, -0.15) is 0 Å². The summed E-state index contributed by atoms with van der Waals surface area (Å²) >= 11 is 0. The van der Waals surface area contributed by atoms with Gasteiger partial charge in [0.15, 0.2) is 0 Å². The Hall–Kier alpha value is -1.90. The maximum absolute atomic E-state index is 10.8. The Morgan fingerprint density at radius 3 is 1.76 bits per heavy atom. The number of rotatable bonds is 12. The molecule has 0 aliphatic rings. The molecular formula is C18H26O3. The van der Waals surface area contributed by atoms with Gasteiger partial charge >= 0.3 is 5.97 Å². The van der Waals surface area contributed by atoms with Crippen molar-refractivity contribution in [1.29, 1.82) is 0 Å². The quantitative estimate of drug-likeness (QED) is 0.324. The molecule has 0 aliphatic heterocycles. The van der Waals surface area contributed by atoms with E-state index in [2.05, 4.69) is 43.4 Å². The van der Waals surface area contributed by atoms with E-state index in [-0.39, 0.29) is 6.42 Å². The number of hydrogen-bond donors (Lipinski definition) is 1. The predicted molar refractivity (Wildman–Crippen MR) is 87.2 cm³/mol. The van der Waals surface area contributed by atoms with E-state index in [9.17, 15) is 9.59 Å². The third-order valence-electron chi connectivity index (χ3n) is 2.73. The van der Waals surface area contributed by atoms with Gasteiger partial charge in [-0.05, 0) is 38.5 Å². The van der Waals surface area contributed by atoms with Gasteiger partial charge in [0.25, 0.3) is 0 Å². The molecule has 0 aromatic carbocycles. The molecule has 0 amide bonds. The summed E-state index contributed by atoms with van der Waals surface area (Å²) in [6.07, 6.45) is 22.3. The van der Waals surface area contributed by atoms with Crippen LogP contribution in [-0.2, 0) is 9.59 Å². The lowest BCUT2D eigenvalue weighted by molar-refractivity contribution is -0.149. The molecule has 0 fully saturated rings. The first-order chi connectivity index (χ1) is 10.2. The Bertz CT molecular complexity index is 401. The highest BCUT2D eigenvalue weighted by Gasteiger charge is 2.08. The van der Waals surface area contributed by atoms with Gasteiger partial charge in [-0.25, -0.2) is 4.79 Å². The zero-order chi connectivity index (χ0) is 15.8. The number of ketones is 1. The summed E-state index contributed by atoms with van der Waals surface area (Å²) in [6, 6.07) is 0. The fraction of sp³-hybridized carbons (Fsp3) is 0.444. The molecule has 0 spiro atoms. The number of Topliss-reactive ketones (excluding diaryl/α,β-unsaturated/α-hetero) is 1. The van der Waals surface area contributed by atoms with Crippen molar-refractivity contribution in [2.75, 3.05) is 0 Å². The van der Waals surface area contributed by atoms with Gasteiger partial charge in [-0.1, -0.05) is 55.5 Å². The lowest BCUT2D eigenvalue weighted by Gasteiger charge is -1.92. The van der Waals surface area contributed by atoms with E-state index in [0.29, 0.717) is 6.42 Å². The molecule has 0 heterocycles. The van der Waals surface area contributed by atoms with E-state index in [4.69, 9.17) is 5.11 Å². The molecule has 0 unspecified atom stereocenters. The average Bonchev–Trinajstić information content (AvgIpc) is 2.47. The largest absolute Gasteiger partial charge is 0.476 e. The Morgan fingerprint density at radius 1 is 0.810 bits per heavy atom. The molecule has 0 aromatic rings. The van der Waals surface area contributed by atoms with Crippen molar-refractivity contribution in [1.82, 2.24) is 0 Å². The maximum Gasteiger partial charge on any atom is 0.372 e. The monoisotopic (exact) mass is 290 g/mol. The van der Waals surface area contributed by atoms with Gasteiger partial charge in [-0.15, -0.1) is 0 Å². The molecule has 1 N–H and O–H groups in total. The maximum atomic E-state index is 10.8. The van der Waals surface area contributed by atoms with E-state index < -0.39 is 11.8 Å². The normalized spacial score (nSPS) is 12.2. The molecule has 0 bridgehead atoms. The number of carbonyl (C=O) groups is 2. The predicted octanol–water partition coefficient (Wildman–Crippen LogP) is 4.62. The zero-order valence-electron chi connectivity index (χ0n) is 12.8. The van der Waals surface area contributed by atoms with E-state index in [1.54, 1.807) is 0 Å². The number of carboxylic acids is 1. The van der Waals surface area contributed by atoms with Crippen LogP contribution in [0.4, 0.5) is 0 Å². The third kappa shape index (κ3) is 14.3. The number of carbonyl (C=O) groups excluding carboxylic acids is 1. The summed E-state index contributed by atoms with van der Waals surface area (Å²) in [5.41, 5.74) is 0. The second-order valence-electron chi connectivity index (χ2n) is 4.62. The van der Waals surface area contributed by atoms with Crippen molar-refractivity contribution in [3.05, 3.63) is 48.6 Å². The van der Waals surface area contributed by atoms with Crippen LogP contribution in [0.3, 0.4) is 0 Å². The molecule has 0 saturated heterocycles. The summed E-state index contributed by atoms with van der Waals surface area (Å²) in [5.74, 6) is -2.04. The number of unbranched alkanes of at least 4 members (excludes halogenated alkanes) is 1. The lowest BCUT2D eigenvalue weighted by Crippen LogP contribution is -2.11. The van der Waals surface area contributed by atoms with Crippen molar-refractivity contribution in [2.24, 2.45) is 0 Å². The Morgan fingerprint density at radius 2 is 1.29 bits per heavy atom. The van der Waals surface area contributed by atoms with E-state index in [1.807, 2.05) is 12.2 Å². The Kier molecular flexibility index (Phi) is 13.2. The van der Waals surface area contributed by atoms with E-state index in [0.717, 1.165) is 32.1 Å². The van der Waals surface area contributed by atoms with Gasteiger partial charge in [0.05, 0.1) is 0 Å². The standard InChI is InChI=1S/C18H26O3/c1-2-3-4-5-6-7-8-9-10-11-12-13-14-15-16-17(19)18(20)21/h3-4,6-7,9-10,12-13H,2,5,8,11,14-16H2,1H3,(H,20,21). The first-order valence-electron chi connectivity index (χ1n) is 7.54. The minimum atomic E-state index is -1.33. The van der Waals surface area contributed by atoms with E-state index in [1.165, 1.54) is 0 Å². The number of carboxylic acid groups (broad SMARTS) is 1. The fourth-order valence-corrected chi connectivity index (χ4v) is 1.58. The number of hydrogen-bond acceptors (Lipinski definition) is 2. The van der Waals surface area contributed by atoms with Gasteiger partial charge in [-0.3, -0.25) is 4.79 Å². The molecule has 21 heavy (non-hydrogen) atoms. The van der Waals surface area contributed by atoms with Crippen LogP contribution in [0.15, 0.2) is 48.6 Å². The molecular weight excluding hydrogens is 264 g/mol. The second-order valence-corrected chi connectivity index (χ2v) is 4.62. The Labute approximate surface area is 127 Å². The van der Waals surface area contributed by atoms with Crippen molar-refractivity contribution in [3.8, 4) is 0 Å². The third-order valence-corrected chi connectivity index (χ3v) is 2.73. The highest BCUT2D eigenvalue weighted by Crippen LogP contribution is 2.00. The van der Waals surface area contributed by atoms with Gasteiger partial charge in [0.1, 0.15) is 0 Å². The highest BCUT2D eigenvalue weighted by atomic mass is 16.4. The molecule has 3 nitrogen and oxygen atoms in total. The number of aliphatic carboxylic acids is 1. The summed E-state index contributed by atoms with van der Waals surface area (Å²) in [5, 5.41) is 8.40. The molecule has 0 atom stereocenters. The van der Waals surface area contributed by atoms with Gasteiger partial charge in [0, 0.05) is 6.42 Å². The van der Waals surface area contributed by atoms with Crippen LogP contribution in [0.1, 0.15) is 51.9 Å². The van der Waals surface area contributed by atoms with Crippen molar-refractivity contribution in [2.45, 2.75) is 51.9 Å². The summed E-state index contributed by atoms with van der Waals surface area (Å²) in [4.78, 5) is 21.1. The summed E-state index contributed by atoms with van der Waals surface area (Å²) in [7, 11) is 0. The first-order valence-corrected chi connectivity index (χ1v) is 7.54. The van der Waals surface area contributed by atoms with Crippen LogP contribution < -0.4 is 0 Å². The molecule has 0 rings (SSSR count). The molecule has 0 aromatic heterocycles. The van der Waals surface area contributed by atoms with Crippen molar-refractivity contribution < 1.29 is 14.7 Å². The summed E-state index contributed by atoms with van der Waals surface area (Å²) < 4.78 is 0. The molecule has 116 valence electrons. The van der Waals surface area contributed by atoms with E-state index >= 15 is 0 Å². The van der Waals surface area contributed by atoms with Crippen LogP contribution in [0, 0.1) is 0 Å². The highest BCUT2D eigenvalue weighted by molar-refractivity contribution is 6.32. The van der Waals surface area contributed by atoms with Crippen LogP contribution in [0.2, 0.25) is 0 Å². The Balaban J connectivity index is 3.50. The SMILES string of the molecule is CCC=CCC=CCC=CCC=CCCCC(=O)C(=O)O. The van der Waals surface area contributed by atoms with Crippen LogP contribution >= 0.6 is 0 Å². The zero-order valence-corrected chi connectivity index (χ0v) is 12.8. The average molecular weight is 290 g/mol. The minimum Gasteiger partial charge on any atom is -0.476 e. The van der Waals surface area contributed by atoms with Gasteiger partial charge in [0.2, 0.25) is 5.78 Å². The molecule has 0 aliphatic carbocycles. The number of allylic oxidation sites excluding steroid dienone is 8. The molecule has 0 radical (unpaired) electrons. The molecule has 3 heteroatoms. The van der Waals surface area contributed by atoms with Crippen molar-refractivity contribution in [3.63, 3.8) is 0 Å².